The fourth-order valence-electron chi connectivity index (χ4n) is 1.06. The topological polar surface area (TPSA) is 0 Å². The van der Waals surface area contributed by atoms with Crippen LogP contribution in [0.4, 0.5) is 70.2 Å². The number of alkyl halides is 15. The molecule has 0 nitrogen and oxygen atoms in total. The van der Waals surface area contributed by atoms with Crippen LogP contribution in [0.2, 0.25) is 0 Å². The molecule has 0 saturated carbocycles. The molecule has 144 valence electrons. The van der Waals surface area contributed by atoms with Crippen molar-refractivity contribution in [1.29, 1.82) is 0 Å². The predicted molar refractivity (Wildman–Crippen MR) is 41.1 cm³/mol. The quantitative estimate of drug-likeness (QED) is 0.526. The second-order valence-electron chi connectivity index (χ2n) is 3.91. The largest absolute Gasteiger partial charge is 0.460 e. The van der Waals surface area contributed by atoms with Crippen LogP contribution in [-0.2, 0) is 0 Å². The van der Waals surface area contributed by atoms with E-state index in [0.29, 0.717) is 0 Å². The van der Waals surface area contributed by atoms with Crippen molar-refractivity contribution in [2.24, 2.45) is 0 Å². The monoisotopic (exact) mass is 400 g/mol. The first-order valence-corrected chi connectivity index (χ1v) is 4.77. The van der Waals surface area contributed by atoms with E-state index in [2.05, 4.69) is 0 Å². The van der Waals surface area contributed by atoms with Crippen LogP contribution in [0.5, 0.6) is 0 Å². The molecule has 0 spiro atoms. The highest BCUT2D eigenvalue weighted by Crippen LogP contribution is 2.56. The number of allylic oxidation sites excluding steroid dienone is 2. The molecule has 0 amide bonds. The fourth-order valence-corrected chi connectivity index (χ4v) is 1.06. The Hall–Kier alpha value is -1.38. The summed E-state index contributed by atoms with van der Waals surface area (Å²) in [6.07, 6.45) is -22.3. The highest BCUT2D eigenvalue weighted by Gasteiger charge is 2.79. The minimum absolute atomic E-state index is 5.24. The first-order valence-electron chi connectivity index (χ1n) is 4.77. The van der Waals surface area contributed by atoms with E-state index in [1.165, 1.54) is 0 Å². The first kappa shape index (κ1) is 22.6. The Morgan fingerprint density at radius 1 is 0.458 bits per heavy atom. The Morgan fingerprint density at radius 2 is 0.792 bits per heavy atom. The van der Waals surface area contributed by atoms with Crippen LogP contribution in [0.3, 0.4) is 0 Å². The molecule has 0 radical (unpaired) electrons. The van der Waals surface area contributed by atoms with E-state index in [1.807, 2.05) is 0 Å². The molecular formula is C8F16. The first-order chi connectivity index (χ1) is 10.0. The molecule has 0 atom stereocenters. The van der Waals surface area contributed by atoms with Crippen LogP contribution in [0.15, 0.2) is 11.4 Å². The molecule has 0 saturated heterocycles. The summed E-state index contributed by atoms with van der Waals surface area (Å²) in [5.74, 6) is -28.3. The van der Waals surface area contributed by atoms with Gasteiger partial charge in [-0.05, 0) is 0 Å². The van der Waals surface area contributed by atoms with Gasteiger partial charge in [0, 0.05) is 0 Å². The van der Waals surface area contributed by atoms with Gasteiger partial charge in [-0.25, -0.2) is 4.39 Å². The van der Waals surface area contributed by atoms with Crippen molar-refractivity contribution >= 4 is 0 Å². The van der Waals surface area contributed by atoms with Gasteiger partial charge in [0.15, 0.2) is 5.83 Å². The standard InChI is InChI=1S/C8F16/c9-2(4(12,13)7(19,20)21)1(5(14,15)16)3(10,11)6(17,18)8(22,23)24. The molecule has 0 aromatic rings. The Balaban J connectivity index is 6.85. The van der Waals surface area contributed by atoms with Crippen molar-refractivity contribution in [2.45, 2.75) is 36.3 Å². The number of hydrogen-bond donors (Lipinski definition) is 0. The summed E-state index contributed by atoms with van der Waals surface area (Å²) >= 11 is 0. The highest BCUT2D eigenvalue weighted by atomic mass is 19.4. The summed E-state index contributed by atoms with van der Waals surface area (Å²) in [6, 6.07) is 0. The lowest BCUT2D eigenvalue weighted by Crippen LogP contribution is -2.56. The van der Waals surface area contributed by atoms with Crippen LogP contribution < -0.4 is 0 Å². The van der Waals surface area contributed by atoms with Crippen LogP contribution >= 0.6 is 0 Å². The molecule has 16 heteroatoms. The zero-order valence-corrected chi connectivity index (χ0v) is 10.0. The summed E-state index contributed by atoms with van der Waals surface area (Å²) < 4.78 is 195. The van der Waals surface area contributed by atoms with Crippen molar-refractivity contribution in [3.63, 3.8) is 0 Å². The molecule has 0 aliphatic carbocycles. The predicted octanol–water partition coefficient (Wildman–Crippen LogP) is 5.80. The summed E-state index contributed by atoms with van der Waals surface area (Å²) in [5.41, 5.74) is -5.31. The van der Waals surface area contributed by atoms with Crippen LogP contribution in [-0.4, -0.2) is 36.3 Å². The maximum absolute atomic E-state index is 12.8. The third-order valence-electron chi connectivity index (χ3n) is 2.20. The maximum Gasteiger partial charge on any atom is 0.460 e. The molecule has 24 heavy (non-hydrogen) atoms. The minimum atomic E-state index is -7.83. The summed E-state index contributed by atoms with van der Waals surface area (Å²) in [6.45, 7) is 0. The average molecular weight is 400 g/mol. The molecule has 0 aliphatic heterocycles. The Labute approximate surface area is 119 Å². The van der Waals surface area contributed by atoms with E-state index >= 15 is 0 Å². The second-order valence-corrected chi connectivity index (χ2v) is 3.91. The van der Waals surface area contributed by atoms with Gasteiger partial charge in [0.2, 0.25) is 0 Å². The van der Waals surface area contributed by atoms with E-state index < -0.39 is 47.7 Å². The smallest absolute Gasteiger partial charge is 0.204 e. The maximum atomic E-state index is 12.8. The van der Waals surface area contributed by atoms with E-state index in [4.69, 9.17) is 0 Å². The molecule has 0 aromatic carbocycles. The van der Waals surface area contributed by atoms with Crippen LogP contribution in [0.1, 0.15) is 0 Å². The van der Waals surface area contributed by atoms with Gasteiger partial charge in [0.05, 0.1) is 0 Å². The third kappa shape index (κ3) is 3.50. The number of hydrogen-bond acceptors (Lipinski definition) is 0. The van der Waals surface area contributed by atoms with E-state index in [9.17, 15) is 70.2 Å². The van der Waals surface area contributed by atoms with E-state index in [1.54, 1.807) is 0 Å². The van der Waals surface area contributed by atoms with Gasteiger partial charge in [-0.1, -0.05) is 0 Å². The Morgan fingerprint density at radius 3 is 1.00 bits per heavy atom. The normalized spacial score (nSPS) is 17.0. The van der Waals surface area contributed by atoms with Gasteiger partial charge in [-0.2, -0.15) is 65.9 Å². The van der Waals surface area contributed by atoms with Gasteiger partial charge in [0.1, 0.15) is 5.57 Å². The average Bonchev–Trinajstić information content (AvgIpc) is 2.22. The van der Waals surface area contributed by atoms with E-state index in [-0.39, 0.29) is 0 Å². The molecule has 0 fully saturated rings. The Kier molecular flexibility index (Phi) is 5.25. The van der Waals surface area contributed by atoms with Crippen LogP contribution in [0, 0.1) is 0 Å². The van der Waals surface area contributed by atoms with Crippen molar-refractivity contribution in [1.82, 2.24) is 0 Å². The number of rotatable bonds is 3. The molecule has 0 rings (SSSR count). The molecule has 0 heterocycles. The fraction of sp³-hybridized carbons (Fsp3) is 0.750. The van der Waals surface area contributed by atoms with Gasteiger partial charge < -0.3 is 0 Å². The summed E-state index contributed by atoms with van der Waals surface area (Å²) in [7, 11) is 0. The molecule has 0 bridgehead atoms. The molecular weight excluding hydrogens is 400 g/mol. The molecule has 0 N–H and O–H groups in total. The third-order valence-corrected chi connectivity index (χ3v) is 2.20. The van der Waals surface area contributed by atoms with Gasteiger partial charge in [0.25, 0.3) is 0 Å². The highest BCUT2D eigenvalue weighted by molar-refractivity contribution is 5.31. The lowest BCUT2D eigenvalue weighted by molar-refractivity contribution is -0.352. The zero-order valence-electron chi connectivity index (χ0n) is 10.0. The summed E-state index contributed by atoms with van der Waals surface area (Å²) in [4.78, 5) is 0. The summed E-state index contributed by atoms with van der Waals surface area (Å²) in [5, 5.41) is 0. The SMILES string of the molecule is FC(=C(C(F)(F)F)C(F)(F)C(F)(F)C(F)(F)F)C(F)(F)C(F)(F)F. The van der Waals surface area contributed by atoms with Crippen molar-refractivity contribution in [3.05, 3.63) is 11.4 Å². The van der Waals surface area contributed by atoms with Gasteiger partial charge in [-0.15, -0.1) is 0 Å². The van der Waals surface area contributed by atoms with Crippen molar-refractivity contribution in [3.8, 4) is 0 Å². The van der Waals surface area contributed by atoms with Crippen molar-refractivity contribution in [2.75, 3.05) is 0 Å². The lowest BCUT2D eigenvalue weighted by Gasteiger charge is -2.32. The lowest BCUT2D eigenvalue weighted by atomic mass is 9.98. The molecule has 0 aromatic heterocycles. The van der Waals surface area contributed by atoms with Gasteiger partial charge >= 0.3 is 36.3 Å². The zero-order chi connectivity index (χ0) is 20.2. The Bertz CT molecular complexity index is 496. The minimum Gasteiger partial charge on any atom is -0.204 e. The van der Waals surface area contributed by atoms with E-state index in [0.717, 1.165) is 0 Å². The van der Waals surface area contributed by atoms with Gasteiger partial charge in [-0.3, -0.25) is 0 Å². The van der Waals surface area contributed by atoms with Crippen LogP contribution in [0.25, 0.3) is 0 Å². The molecule has 0 aliphatic rings. The molecule has 0 unspecified atom stereocenters. The van der Waals surface area contributed by atoms with Crippen molar-refractivity contribution < 1.29 is 70.2 Å². The second kappa shape index (κ2) is 5.57. The number of halogens is 16.